The lowest BCUT2D eigenvalue weighted by Crippen LogP contribution is -2.24. The molecule has 2 aromatic heterocycles. The molecule has 2 heterocycles. The van der Waals surface area contributed by atoms with Crippen molar-refractivity contribution in [3.05, 3.63) is 46.4 Å². The van der Waals surface area contributed by atoms with Crippen LogP contribution in [0.2, 0.25) is 0 Å². The molecule has 0 bridgehead atoms. The van der Waals surface area contributed by atoms with Gasteiger partial charge in [0, 0.05) is 29.3 Å². The highest BCUT2D eigenvalue weighted by molar-refractivity contribution is 7.09. The third-order valence-corrected chi connectivity index (χ3v) is 3.11. The van der Waals surface area contributed by atoms with E-state index in [2.05, 4.69) is 9.97 Å². The highest BCUT2D eigenvalue weighted by atomic mass is 32.1. The van der Waals surface area contributed by atoms with Crippen molar-refractivity contribution < 1.29 is 9.50 Å². The predicted molar refractivity (Wildman–Crippen MR) is 59.6 cm³/mol. The molecule has 0 aliphatic carbocycles. The lowest BCUT2D eigenvalue weighted by molar-refractivity contribution is 0.0577. The normalized spacial score (nSPS) is 14.7. The zero-order valence-electron chi connectivity index (χ0n) is 8.72. The van der Waals surface area contributed by atoms with Crippen LogP contribution >= 0.6 is 11.3 Å². The SMILES string of the molecule is CC(O)(Cc1cncs1)c1cncc(F)c1. The molecular formula is C11H11FN2OS. The molecule has 5 heteroatoms. The Morgan fingerprint density at radius 3 is 2.81 bits per heavy atom. The lowest BCUT2D eigenvalue weighted by atomic mass is 9.93. The molecular weight excluding hydrogens is 227 g/mol. The van der Waals surface area contributed by atoms with E-state index >= 15 is 0 Å². The summed E-state index contributed by atoms with van der Waals surface area (Å²) < 4.78 is 13.0. The summed E-state index contributed by atoms with van der Waals surface area (Å²) in [7, 11) is 0. The molecule has 0 aliphatic heterocycles. The van der Waals surface area contributed by atoms with Gasteiger partial charge in [-0.1, -0.05) is 0 Å². The van der Waals surface area contributed by atoms with Gasteiger partial charge in [0.05, 0.1) is 17.3 Å². The quantitative estimate of drug-likeness (QED) is 0.891. The summed E-state index contributed by atoms with van der Waals surface area (Å²) in [5, 5.41) is 10.3. The van der Waals surface area contributed by atoms with Gasteiger partial charge < -0.3 is 5.11 Å². The first-order valence-electron chi connectivity index (χ1n) is 4.79. The Balaban J connectivity index is 2.24. The Hall–Kier alpha value is -1.33. The topological polar surface area (TPSA) is 46.0 Å². The average Bonchev–Trinajstić information content (AvgIpc) is 2.70. The van der Waals surface area contributed by atoms with Crippen LogP contribution in [0.4, 0.5) is 4.39 Å². The molecule has 0 spiro atoms. The number of hydrogen-bond donors (Lipinski definition) is 1. The number of halogens is 1. The maximum atomic E-state index is 13.0. The first-order valence-corrected chi connectivity index (χ1v) is 5.67. The monoisotopic (exact) mass is 238 g/mol. The minimum atomic E-state index is -1.12. The van der Waals surface area contributed by atoms with E-state index in [-0.39, 0.29) is 0 Å². The Morgan fingerprint density at radius 2 is 2.19 bits per heavy atom. The molecule has 0 aromatic carbocycles. The summed E-state index contributed by atoms with van der Waals surface area (Å²) in [6.45, 7) is 1.64. The maximum Gasteiger partial charge on any atom is 0.141 e. The van der Waals surface area contributed by atoms with Gasteiger partial charge in [0.25, 0.3) is 0 Å². The van der Waals surface area contributed by atoms with Crippen molar-refractivity contribution in [3.8, 4) is 0 Å². The summed E-state index contributed by atoms with van der Waals surface area (Å²) >= 11 is 1.46. The number of rotatable bonds is 3. The van der Waals surface area contributed by atoms with E-state index < -0.39 is 11.4 Å². The van der Waals surface area contributed by atoms with Gasteiger partial charge in [0.15, 0.2) is 0 Å². The van der Waals surface area contributed by atoms with Gasteiger partial charge >= 0.3 is 0 Å². The zero-order valence-corrected chi connectivity index (χ0v) is 9.54. The summed E-state index contributed by atoms with van der Waals surface area (Å²) in [5.41, 5.74) is 1.05. The van der Waals surface area contributed by atoms with Crippen molar-refractivity contribution in [2.75, 3.05) is 0 Å². The number of pyridine rings is 1. The Labute approximate surface area is 96.6 Å². The number of aliphatic hydroxyl groups is 1. The molecule has 2 aromatic rings. The number of nitrogens with zero attached hydrogens (tertiary/aromatic N) is 2. The largest absolute Gasteiger partial charge is 0.385 e. The summed E-state index contributed by atoms with van der Waals surface area (Å²) in [5.74, 6) is -0.443. The van der Waals surface area contributed by atoms with Gasteiger partial charge in [-0.2, -0.15) is 0 Å². The molecule has 2 rings (SSSR count). The molecule has 84 valence electrons. The highest BCUT2D eigenvalue weighted by Crippen LogP contribution is 2.26. The molecule has 0 amide bonds. The second-order valence-electron chi connectivity index (χ2n) is 3.81. The first-order chi connectivity index (χ1) is 7.58. The van der Waals surface area contributed by atoms with Crippen LogP contribution in [-0.2, 0) is 12.0 Å². The van der Waals surface area contributed by atoms with Crippen LogP contribution in [0.5, 0.6) is 0 Å². The van der Waals surface area contributed by atoms with Crippen molar-refractivity contribution in [3.63, 3.8) is 0 Å². The highest BCUT2D eigenvalue weighted by Gasteiger charge is 2.25. The van der Waals surface area contributed by atoms with Crippen molar-refractivity contribution in [1.82, 2.24) is 9.97 Å². The maximum absolute atomic E-state index is 13.0. The van der Waals surface area contributed by atoms with Crippen LogP contribution in [0.25, 0.3) is 0 Å². The van der Waals surface area contributed by atoms with Crippen molar-refractivity contribution in [1.29, 1.82) is 0 Å². The lowest BCUT2D eigenvalue weighted by Gasteiger charge is -2.22. The van der Waals surface area contributed by atoms with Crippen molar-refractivity contribution in [2.24, 2.45) is 0 Å². The molecule has 16 heavy (non-hydrogen) atoms. The predicted octanol–water partition coefficient (Wildman–Crippen LogP) is 2.13. The number of thiazole rings is 1. The summed E-state index contributed by atoms with van der Waals surface area (Å²) in [6.07, 6.45) is 4.70. The fourth-order valence-corrected chi connectivity index (χ4v) is 2.22. The minimum Gasteiger partial charge on any atom is -0.385 e. The first kappa shape index (κ1) is 11.2. The summed E-state index contributed by atoms with van der Waals surface area (Å²) in [4.78, 5) is 8.62. The molecule has 0 saturated carbocycles. The minimum absolute atomic E-state index is 0.406. The molecule has 1 unspecified atom stereocenters. The van der Waals surface area contributed by atoms with E-state index in [0.29, 0.717) is 12.0 Å². The van der Waals surface area contributed by atoms with E-state index in [1.54, 1.807) is 18.6 Å². The average molecular weight is 238 g/mol. The van der Waals surface area contributed by atoms with E-state index in [9.17, 15) is 9.50 Å². The van der Waals surface area contributed by atoms with Gasteiger partial charge in [-0.3, -0.25) is 9.97 Å². The van der Waals surface area contributed by atoms with Crippen LogP contribution in [0, 0.1) is 5.82 Å². The summed E-state index contributed by atoms with van der Waals surface area (Å²) in [6, 6.07) is 1.30. The van der Waals surface area contributed by atoms with E-state index in [0.717, 1.165) is 11.1 Å². The van der Waals surface area contributed by atoms with Gasteiger partial charge in [-0.15, -0.1) is 11.3 Å². The molecule has 0 fully saturated rings. The van der Waals surface area contributed by atoms with Gasteiger partial charge in [0.1, 0.15) is 5.82 Å². The van der Waals surface area contributed by atoms with Crippen molar-refractivity contribution in [2.45, 2.75) is 18.9 Å². The Kier molecular flexibility index (Phi) is 2.98. The third kappa shape index (κ3) is 2.43. The van der Waals surface area contributed by atoms with Crippen LogP contribution in [-0.4, -0.2) is 15.1 Å². The second kappa shape index (κ2) is 4.27. The molecule has 0 radical (unpaired) electrons. The number of hydrogen-bond acceptors (Lipinski definition) is 4. The Bertz CT molecular complexity index is 471. The molecule has 3 nitrogen and oxygen atoms in total. The Morgan fingerprint density at radius 1 is 1.38 bits per heavy atom. The fourth-order valence-electron chi connectivity index (χ4n) is 1.48. The molecule has 1 atom stereocenters. The number of aromatic nitrogens is 2. The zero-order chi connectivity index (χ0) is 11.6. The smallest absolute Gasteiger partial charge is 0.141 e. The van der Waals surface area contributed by atoms with Gasteiger partial charge in [-0.05, 0) is 13.0 Å². The third-order valence-electron chi connectivity index (χ3n) is 2.33. The van der Waals surface area contributed by atoms with Gasteiger partial charge in [0.2, 0.25) is 0 Å². The van der Waals surface area contributed by atoms with Crippen LogP contribution in [0.15, 0.2) is 30.2 Å². The van der Waals surface area contributed by atoms with Crippen LogP contribution in [0.3, 0.4) is 0 Å². The fraction of sp³-hybridized carbons (Fsp3) is 0.273. The van der Waals surface area contributed by atoms with Gasteiger partial charge in [-0.25, -0.2) is 4.39 Å². The van der Waals surface area contributed by atoms with E-state index in [1.165, 1.54) is 23.6 Å². The van der Waals surface area contributed by atoms with Crippen LogP contribution in [0.1, 0.15) is 17.4 Å². The standard InChI is InChI=1S/C11H11FN2OS/c1-11(15,3-10-6-14-7-16-10)8-2-9(12)5-13-4-8/h2,4-7,15H,3H2,1H3. The second-order valence-corrected chi connectivity index (χ2v) is 4.78. The molecule has 0 saturated heterocycles. The molecule has 1 N–H and O–H groups in total. The van der Waals surface area contributed by atoms with Crippen molar-refractivity contribution >= 4 is 11.3 Å². The van der Waals surface area contributed by atoms with Crippen LogP contribution < -0.4 is 0 Å². The van der Waals surface area contributed by atoms with E-state index in [4.69, 9.17) is 0 Å². The molecule has 0 aliphatic rings. The van der Waals surface area contributed by atoms with E-state index in [1.807, 2.05) is 0 Å².